The van der Waals surface area contributed by atoms with Gasteiger partial charge in [-0.2, -0.15) is 11.8 Å². The summed E-state index contributed by atoms with van der Waals surface area (Å²) in [5.41, 5.74) is 1.15. The van der Waals surface area contributed by atoms with Gasteiger partial charge >= 0.3 is 0 Å². The molecule has 3 rings (SSSR count). The fourth-order valence-corrected chi connectivity index (χ4v) is 4.41. The highest BCUT2D eigenvalue weighted by Crippen LogP contribution is 2.30. The molecule has 1 aromatic heterocycles. The Morgan fingerprint density at radius 1 is 1.21 bits per heavy atom. The van der Waals surface area contributed by atoms with E-state index in [-0.39, 0.29) is 0 Å². The van der Waals surface area contributed by atoms with Crippen LogP contribution in [0.5, 0.6) is 0 Å². The second-order valence-electron chi connectivity index (χ2n) is 5.96. The summed E-state index contributed by atoms with van der Waals surface area (Å²) in [6, 6.07) is 1.29. The molecule has 1 saturated heterocycles. The third kappa shape index (κ3) is 3.28. The van der Waals surface area contributed by atoms with E-state index < -0.39 is 0 Å². The van der Waals surface area contributed by atoms with Crippen LogP contribution < -0.4 is 5.32 Å². The SMILES string of the molecule is Cc1cn(C2CCCSC2)c(NC2CCCCC2)n1. The molecule has 0 aromatic carbocycles. The summed E-state index contributed by atoms with van der Waals surface area (Å²) in [6.45, 7) is 2.11. The molecule has 4 heteroatoms. The van der Waals surface area contributed by atoms with Crippen molar-refractivity contribution >= 4 is 17.7 Å². The number of aryl methyl sites for hydroxylation is 1. The number of hydrogen-bond acceptors (Lipinski definition) is 3. The topological polar surface area (TPSA) is 29.9 Å². The molecule has 2 aliphatic rings. The number of nitrogens with zero attached hydrogens (tertiary/aromatic N) is 2. The molecule has 0 spiro atoms. The first-order chi connectivity index (χ1) is 9.33. The Kier molecular flexibility index (Phi) is 4.36. The number of nitrogens with one attached hydrogen (secondary N) is 1. The molecule has 2 heterocycles. The first kappa shape index (κ1) is 13.3. The lowest BCUT2D eigenvalue weighted by molar-refractivity contribution is 0.451. The van der Waals surface area contributed by atoms with Crippen molar-refractivity contribution in [3.8, 4) is 0 Å². The van der Waals surface area contributed by atoms with E-state index >= 15 is 0 Å². The fraction of sp³-hybridized carbons (Fsp3) is 0.800. The van der Waals surface area contributed by atoms with Gasteiger partial charge in [0.25, 0.3) is 0 Å². The van der Waals surface area contributed by atoms with Crippen LogP contribution in [0.4, 0.5) is 5.95 Å². The van der Waals surface area contributed by atoms with Crippen molar-refractivity contribution in [2.24, 2.45) is 0 Å². The third-order valence-corrected chi connectivity index (χ3v) is 5.52. The Balaban J connectivity index is 1.72. The molecule has 1 saturated carbocycles. The van der Waals surface area contributed by atoms with Gasteiger partial charge < -0.3 is 9.88 Å². The monoisotopic (exact) mass is 279 g/mol. The number of hydrogen-bond donors (Lipinski definition) is 1. The number of rotatable bonds is 3. The van der Waals surface area contributed by atoms with Crippen LogP contribution in [0.3, 0.4) is 0 Å². The van der Waals surface area contributed by atoms with Gasteiger partial charge in [-0.3, -0.25) is 0 Å². The van der Waals surface area contributed by atoms with Crippen LogP contribution in [0.25, 0.3) is 0 Å². The van der Waals surface area contributed by atoms with Gasteiger partial charge in [0.05, 0.1) is 5.69 Å². The Bertz CT molecular complexity index is 404. The molecule has 1 aromatic rings. The molecule has 2 fully saturated rings. The third-order valence-electron chi connectivity index (χ3n) is 4.32. The van der Waals surface area contributed by atoms with Crippen molar-refractivity contribution in [2.75, 3.05) is 16.8 Å². The van der Waals surface area contributed by atoms with E-state index in [1.54, 1.807) is 0 Å². The predicted octanol–water partition coefficient (Wildman–Crippen LogP) is 4.00. The van der Waals surface area contributed by atoms with Crippen molar-refractivity contribution in [1.82, 2.24) is 9.55 Å². The van der Waals surface area contributed by atoms with Gasteiger partial charge in [-0.15, -0.1) is 0 Å². The van der Waals surface area contributed by atoms with Gasteiger partial charge in [0, 0.05) is 24.0 Å². The minimum Gasteiger partial charge on any atom is -0.353 e. The van der Waals surface area contributed by atoms with E-state index in [1.165, 1.54) is 56.5 Å². The van der Waals surface area contributed by atoms with Gasteiger partial charge in [0.2, 0.25) is 5.95 Å². The van der Waals surface area contributed by atoms with Crippen LogP contribution in [0.1, 0.15) is 56.7 Å². The average molecular weight is 279 g/mol. The van der Waals surface area contributed by atoms with Crippen LogP contribution in [-0.4, -0.2) is 27.1 Å². The van der Waals surface area contributed by atoms with Crippen LogP contribution in [0.15, 0.2) is 6.20 Å². The molecule has 0 radical (unpaired) electrons. The lowest BCUT2D eigenvalue weighted by Gasteiger charge is -2.27. The standard InChI is InChI=1S/C15H25N3S/c1-12-10-18(14-8-5-9-19-11-14)15(16-12)17-13-6-3-2-4-7-13/h10,13-14H,2-9,11H2,1H3,(H,16,17). The Hall–Kier alpha value is -0.640. The molecule has 0 bridgehead atoms. The summed E-state index contributed by atoms with van der Waals surface area (Å²) < 4.78 is 2.41. The molecule has 1 aliphatic carbocycles. The highest BCUT2D eigenvalue weighted by Gasteiger charge is 2.21. The maximum Gasteiger partial charge on any atom is 0.203 e. The summed E-state index contributed by atoms with van der Waals surface area (Å²) in [4.78, 5) is 4.72. The smallest absolute Gasteiger partial charge is 0.203 e. The maximum absolute atomic E-state index is 4.72. The maximum atomic E-state index is 4.72. The highest BCUT2D eigenvalue weighted by molar-refractivity contribution is 7.99. The lowest BCUT2D eigenvalue weighted by Crippen LogP contribution is -2.26. The van der Waals surface area contributed by atoms with Crippen LogP contribution in [-0.2, 0) is 0 Å². The van der Waals surface area contributed by atoms with E-state index in [9.17, 15) is 0 Å². The molecule has 0 amide bonds. The highest BCUT2D eigenvalue weighted by atomic mass is 32.2. The molecule has 1 N–H and O–H groups in total. The van der Waals surface area contributed by atoms with E-state index in [0.29, 0.717) is 12.1 Å². The van der Waals surface area contributed by atoms with Gasteiger partial charge in [-0.1, -0.05) is 19.3 Å². The molecule has 19 heavy (non-hydrogen) atoms. The molecular formula is C15H25N3S. The van der Waals surface area contributed by atoms with E-state index in [1.807, 2.05) is 0 Å². The summed E-state index contributed by atoms with van der Waals surface area (Å²) in [7, 11) is 0. The summed E-state index contributed by atoms with van der Waals surface area (Å²) >= 11 is 2.09. The number of anilines is 1. The molecule has 1 unspecified atom stereocenters. The van der Waals surface area contributed by atoms with Crippen LogP contribution in [0.2, 0.25) is 0 Å². The fourth-order valence-electron chi connectivity index (χ4n) is 3.27. The van der Waals surface area contributed by atoms with Gasteiger partial charge in [-0.05, 0) is 38.4 Å². The summed E-state index contributed by atoms with van der Waals surface area (Å²) in [5, 5.41) is 3.71. The first-order valence-electron chi connectivity index (χ1n) is 7.72. The van der Waals surface area contributed by atoms with E-state index in [0.717, 1.165) is 11.6 Å². The second kappa shape index (κ2) is 6.21. The molecule has 1 atom stereocenters. The average Bonchev–Trinajstić information content (AvgIpc) is 2.82. The zero-order chi connectivity index (χ0) is 13.1. The van der Waals surface area contributed by atoms with Crippen molar-refractivity contribution in [3.05, 3.63) is 11.9 Å². The second-order valence-corrected chi connectivity index (χ2v) is 7.11. The quantitative estimate of drug-likeness (QED) is 0.907. The minimum atomic E-state index is 0.644. The van der Waals surface area contributed by atoms with E-state index in [4.69, 9.17) is 4.98 Å². The molecule has 106 valence electrons. The largest absolute Gasteiger partial charge is 0.353 e. The Labute approximate surface area is 120 Å². The number of aromatic nitrogens is 2. The van der Waals surface area contributed by atoms with Crippen LogP contribution >= 0.6 is 11.8 Å². The predicted molar refractivity (Wildman–Crippen MR) is 83.1 cm³/mol. The normalized spacial score (nSPS) is 25.4. The number of imidazole rings is 1. The lowest BCUT2D eigenvalue weighted by atomic mass is 9.96. The molecule has 3 nitrogen and oxygen atoms in total. The summed E-state index contributed by atoms with van der Waals surface area (Å²) in [6.07, 6.45) is 11.7. The van der Waals surface area contributed by atoms with Crippen molar-refractivity contribution < 1.29 is 0 Å². The number of thioether (sulfide) groups is 1. The van der Waals surface area contributed by atoms with Crippen molar-refractivity contribution in [2.45, 2.75) is 64.0 Å². The summed E-state index contributed by atoms with van der Waals surface area (Å²) in [5.74, 6) is 3.70. The zero-order valence-electron chi connectivity index (χ0n) is 11.9. The van der Waals surface area contributed by atoms with Gasteiger partial charge in [0.1, 0.15) is 0 Å². The van der Waals surface area contributed by atoms with Crippen molar-refractivity contribution in [1.29, 1.82) is 0 Å². The Morgan fingerprint density at radius 2 is 2.05 bits per heavy atom. The van der Waals surface area contributed by atoms with E-state index in [2.05, 4.69) is 34.8 Å². The molecule has 1 aliphatic heterocycles. The first-order valence-corrected chi connectivity index (χ1v) is 8.88. The van der Waals surface area contributed by atoms with Crippen LogP contribution in [0, 0.1) is 6.92 Å². The van der Waals surface area contributed by atoms with Gasteiger partial charge in [0.15, 0.2) is 0 Å². The Morgan fingerprint density at radius 3 is 2.79 bits per heavy atom. The minimum absolute atomic E-state index is 0.644. The van der Waals surface area contributed by atoms with Gasteiger partial charge in [-0.25, -0.2) is 4.98 Å². The molecular weight excluding hydrogens is 254 g/mol. The van der Waals surface area contributed by atoms with Crippen molar-refractivity contribution in [3.63, 3.8) is 0 Å². The zero-order valence-corrected chi connectivity index (χ0v) is 12.7.